The normalized spacial score (nSPS) is 15.1. The van der Waals surface area contributed by atoms with Crippen LogP contribution in [0, 0.1) is 22.7 Å². The van der Waals surface area contributed by atoms with Crippen LogP contribution in [0.4, 0.5) is 5.82 Å². The standard InChI is InChI=1S/C25H25N5O3S2/c1-14(2)24-29-16(12-34-24)13-35-25-19(10-27)22(18(9-26)23(28)30-25)15-4-5-20(21(8-15)31-3)33-17-6-7-32-11-17/h4-5,8,12,14,17H,6-7,11,13H2,1-3H3,(H2,28,30). The molecule has 1 fully saturated rings. The predicted molar refractivity (Wildman–Crippen MR) is 136 cm³/mol. The van der Waals surface area contributed by atoms with Gasteiger partial charge >= 0.3 is 0 Å². The molecular formula is C25H25N5O3S2. The highest BCUT2D eigenvalue weighted by atomic mass is 32.2. The highest BCUT2D eigenvalue weighted by Crippen LogP contribution is 2.40. The van der Waals surface area contributed by atoms with Crippen LogP contribution in [-0.4, -0.2) is 36.4 Å². The maximum absolute atomic E-state index is 10.1. The van der Waals surface area contributed by atoms with Crippen LogP contribution in [0.1, 0.15) is 48.0 Å². The van der Waals surface area contributed by atoms with Gasteiger partial charge in [-0.05, 0) is 17.7 Å². The number of anilines is 1. The number of thiazole rings is 1. The average molecular weight is 508 g/mol. The molecule has 1 aromatic carbocycles. The van der Waals surface area contributed by atoms with E-state index in [0.717, 1.165) is 17.1 Å². The van der Waals surface area contributed by atoms with Crippen molar-refractivity contribution in [3.63, 3.8) is 0 Å². The van der Waals surface area contributed by atoms with Crippen molar-refractivity contribution in [2.75, 3.05) is 26.1 Å². The quantitative estimate of drug-likeness (QED) is 0.413. The molecular weight excluding hydrogens is 482 g/mol. The van der Waals surface area contributed by atoms with Gasteiger partial charge in [0.1, 0.15) is 34.6 Å². The van der Waals surface area contributed by atoms with Crippen LogP contribution in [0.25, 0.3) is 11.1 Å². The second-order valence-corrected chi connectivity index (χ2v) is 10.1. The molecule has 2 N–H and O–H groups in total. The summed E-state index contributed by atoms with van der Waals surface area (Å²) in [6.07, 6.45) is 0.766. The van der Waals surface area contributed by atoms with Crippen molar-refractivity contribution < 1.29 is 14.2 Å². The number of nitrogens with zero attached hydrogens (tertiary/aromatic N) is 4. The molecule has 1 aliphatic rings. The Kier molecular flexibility index (Phi) is 7.76. The summed E-state index contributed by atoms with van der Waals surface area (Å²) < 4.78 is 17.0. The Hall–Kier alpha value is -3.31. The summed E-state index contributed by atoms with van der Waals surface area (Å²) in [5.74, 6) is 2.04. The molecule has 0 saturated carbocycles. The fourth-order valence-electron chi connectivity index (χ4n) is 3.69. The SMILES string of the molecule is COc1cc(-c2c(C#N)c(N)nc(SCc3csc(C(C)C)n3)c2C#N)ccc1OC1CCOC1. The molecule has 0 spiro atoms. The minimum atomic E-state index is -0.0411. The maximum atomic E-state index is 10.1. The number of pyridine rings is 1. The van der Waals surface area contributed by atoms with E-state index in [1.165, 1.54) is 11.8 Å². The van der Waals surface area contributed by atoms with Crippen LogP contribution in [-0.2, 0) is 10.5 Å². The molecule has 0 radical (unpaired) electrons. The second kappa shape index (κ2) is 11.0. The van der Waals surface area contributed by atoms with Gasteiger partial charge in [-0.25, -0.2) is 9.97 Å². The van der Waals surface area contributed by atoms with Gasteiger partial charge in [-0.1, -0.05) is 31.7 Å². The van der Waals surface area contributed by atoms with E-state index in [-0.39, 0.29) is 17.5 Å². The molecule has 0 aliphatic carbocycles. The van der Waals surface area contributed by atoms with Gasteiger partial charge in [0.2, 0.25) is 0 Å². The summed E-state index contributed by atoms with van der Waals surface area (Å²) in [4.78, 5) is 9.04. The first-order valence-corrected chi connectivity index (χ1v) is 12.9. The molecule has 1 unspecified atom stereocenters. The molecule has 1 atom stereocenters. The van der Waals surface area contributed by atoms with Crippen molar-refractivity contribution in [1.29, 1.82) is 10.5 Å². The second-order valence-electron chi connectivity index (χ2n) is 8.24. The number of hydrogen-bond donors (Lipinski definition) is 1. The lowest BCUT2D eigenvalue weighted by Crippen LogP contribution is -2.16. The maximum Gasteiger partial charge on any atom is 0.161 e. The Morgan fingerprint density at radius 3 is 2.66 bits per heavy atom. The summed E-state index contributed by atoms with van der Waals surface area (Å²) in [6.45, 7) is 5.40. The third-order valence-corrected chi connectivity index (χ3v) is 7.67. The van der Waals surface area contributed by atoms with Crippen molar-refractivity contribution >= 4 is 28.9 Å². The molecule has 1 saturated heterocycles. The first-order valence-electron chi connectivity index (χ1n) is 11.1. The molecule has 3 heterocycles. The zero-order valence-electron chi connectivity index (χ0n) is 19.7. The smallest absolute Gasteiger partial charge is 0.161 e. The lowest BCUT2D eigenvalue weighted by Gasteiger charge is -2.17. The Balaban J connectivity index is 1.71. The summed E-state index contributed by atoms with van der Waals surface area (Å²) in [5, 5.41) is 23.5. The van der Waals surface area contributed by atoms with Crippen LogP contribution in [0.5, 0.6) is 11.5 Å². The Bertz CT molecular complexity index is 1300. The molecule has 180 valence electrons. The van der Waals surface area contributed by atoms with E-state index in [4.69, 9.17) is 19.9 Å². The van der Waals surface area contributed by atoms with Gasteiger partial charge in [-0.2, -0.15) is 10.5 Å². The number of rotatable bonds is 8. The minimum Gasteiger partial charge on any atom is -0.493 e. The number of nitrogen functional groups attached to an aromatic ring is 1. The van der Waals surface area contributed by atoms with Gasteiger partial charge in [0.15, 0.2) is 11.5 Å². The number of aromatic nitrogens is 2. The average Bonchev–Trinajstić information content (AvgIpc) is 3.55. The number of thioether (sulfide) groups is 1. The van der Waals surface area contributed by atoms with Crippen molar-refractivity contribution in [3.8, 4) is 34.8 Å². The molecule has 8 nitrogen and oxygen atoms in total. The van der Waals surface area contributed by atoms with Gasteiger partial charge < -0.3 is 19.9 Å². The molecule has 0 amide bonds. The van der Waals surface area contributed by atoms with Gasteiger partial charge in [-0.3, -0.25) is 0 Å². The third-order valence-electron chi connectivity index (χ3n) is 5.47. The van der Waals surface area contributed by atoms with Crippen LogP contribution in [0.3, 0.4) is 0 Å². The zero-order valence-corrected chi connectivity index (χ0v) is 21.3. The molecule has 0 bridgehead atoms. The zero-order chi connectivity index (χ0) is 24.9. The van der Waals surface area contributed by atoms with Gasteiger partial charge in [0.05, 0.1) is 36.6 Å². The van der Waals surface area contributed by atoms with Crippen molar-refractivity contribution in [2.45, 2.75) is 43.1 Å². The van der Waals surface area contributed by atoms with Gasteiger partial charge in [-0.15, -0.1) is 11.3 Å². The van der Waals surface area contributed by atoms with E-state index in [0.29, 0.717) is 58.1 Å². The Morgan fingerprint density at radius 2 is 2.03 bits per heavy atom. The van der Waals surface area contributed by atoms with E-state index in [1.807, 2.05) is 5.38 Å². The fourth-order valence-corrected chi connectivity index (χ4v) is 5.52. The molecule has 10 heteroatoms. The number of hydrogen-bond acceptors (Lipinski definition) is 10. The van der Waals surface area contributed by atoms with Crippen LogP contribution in [0.2, 0.25) is 0 Å². The predicted octanol–water partition coefficient (Wildman–Crippen LogP) is 5.12. The van der Waals surface area contributed by atoms with Gasteiger partial charge in [0, 0.05) is 29.0 Å². The van der Waals surface area contributed by atoms with E-state index in [2.05, 4.69) is 36.0 Å². The van der Waals surface area contributed by atoms with Crippen LogP contribution >= 0.6 is 23.1 Å². The Labute approximate surface area is 212 Å². The van der Waals surface area contributed by atoms with Crippen LogP contribution < -0.4 is 15.2 Å². The topological polar surface area (TPSA) is 127 Å². The first kappa shape index (κ1) is 24.8. The van der Waals surface area contributed by atoms with E-state index >= 15 is 0 Å². The number of benzene rings is 1. The summed E-state index contributed by atoms with van der Waals surface area (Å²) in [5.41, 5.74) is 8.59. The highest BCUT2D eigenvalue weighted by molar-refractivity contribution is 7.98. The molecule has 35 heavy (non-hydrogen) atoms. The number of nitrogens with two attached hydrogens (primary N) is 1. The number of methoxy groups -OCH3 is 1. The monoisotopic (exact) mass is 507 g/mol. The largest absolute Gasteiger partial charge is 0.493 e. The molecule has 3 aromatic rings. The van der Waals surface area contributed by atoms with Gasteiger partial charge in [0.25, 0.3) is 0 Å². The van der Waals surface area contributed by atoms with E-state index in [1.54, 1.807) is 36.6 Å². The molecule has 1 aliphatic heterocycles. The van der Waals surface area contributed by atoms with Crippen molar-refractivity contribution in [1.82, 2.24) is 9.97 Å². The van der Waals surface area contributed by atoms with Crippen molar-refractivity contribution in [3.05, 3.63) is 45.4 Å². The Morgan fingerprint density at radius 1 is 1.23 bits per heavy atom. The number of ether oxygens (including phenoxy) is 3. The summed E-state index contributed by atoms with van der Waals surface area (Å²) >= 11 is 3.00. The number of nitriles is 2. The third kappa shape index (κ3) is 5.35. The summed E-state index contributed by atoms with van der Waals surface area (Å²) in [6, 6.07) is 9.69. The molecule has 4 rings (SSSR count). The highest BCUT2D eigenvalue weighted by Gasteiger charge is 2.23. The fraction of sp³-hybridized carbons (Fsp3) is 0.360. The van der Waals surface area contributed by atoms with E-state index in [9.17, 15) is 10.5 Å². The molecule has 2 aromatic heterocycles. The lowest BCUT2D eigenvalue weighted by atomic mass is 9.96. The first-order chi connectivity index (χ1) is 16.9. The minimum absolute atomic E-state index is 0.0411. The van der Waals surface area contributed by atoms with E-state index < -0.39 is 0 Å². The van der Waals surface area contributed by atoms with Crippen LogP contribution in [0.15, 0.2) is 28.6 Å². The summed E-state index contributed by atoms with van der Waals surface area (Å²) in [7, 11) is 1.55. The lowest BCUT2D eigenvalue weighted by molar-refractivity contribution is 0.138. The van der Waals surface area contributed by atoms with Crippen molar-refractivity contribution in [2.24, 2.45) is 0 Å².